The summed E-state index contributed by atoms with van der Waals surface area (Å²) in [6.45, 7) is 2.06. The highest BCUT2D eigenvalue weighted by atomic mass is 35.5. The van der Waals surface area contributed by atoms with Crippen LogP contribution in [0.15, 0.2) is 30.5 Å². The molecule has 0 spiro atoms. The Morgan fingerprint density at radius 3 is 2.72 bits per heavy atom. The number of hydrogen-bond acceptors (Lipinski definition) is 2. The van der Waals surface area contributed by atoms with E-state index in [0.29, 0.717) is 12.0 Å². The van der Waals surface area contributed by atoms with Crippen molar-refractivity contribution >= 4 is 11.6 Å². The van der Waals surface area contributed by atoms with E-state index in [0.717, 1.165) is 23.7 Å². The van der Waals surface area contributed by atoms with Gasteiger partial charge in [-0.2, -0.15) is 0 Å². The maximum atomic E-state index is 13.1. The number of rotatable bonds is 3. The van der Waals surface area contributed by atoms with Crippen LogP contribution in [-0.4, -0.2) is 10.1 Å². The van der Waals surface area contributed by atoms with Gasteiger partial charge >= 0.3 is 0 Å². The Kier molecular flexibility index (Phi) is 3.82. The van der Waals surface area contributed by atoms with Crippen LogP contribution in [0, 0.1) is 5.82 Å². The molecular formula is C14H13ClFNO. The van der Waals surface area contributed by atoms with Gasteiger partial charge in [-0.05, 0) is 24.1 Å². The van der Waals surface area contributed by atoms with Gasteiger partial charge in [-0.1, -0.05) is 24.6 Å². The average molecular weight is 266 g/mol. The van der Waals surface area contributed by atoms with E-state index in [1.807, 2.05) is 12.1 Å². The first-order chi connectivity index (χ1) is 8.60. The molecule has 0 aliphatic carbocycles. The molecule has 0 bridgehead atoms. The van der Waals surface area contributed by atoms with Crippen molar-refractivity contribution in [1.82, 2.24) is 4.98 Å². The summed E-state index contributed by atoms with van der Waals surface area (Å²) in [6, 6.07) is 6.35. The summed E-state index contributed by atoms with van der Waals surface area (Å²) in [5.74, 6) is -0.717. The first-order valence-corrected chi connectivity index (χ1v) is 6.08. The molecule has 2 rings (SSSR count). The van der Waals surface area contributed by atoms with Crippen molar-refractivity contribution in [1.29, 1.82) is 0 Å². The van der Waals surface area contributed by atoms with E-state index in [1.165, 1.54) is 6.07 Å². The van der Waals surface area contributed by atoms with Gasteiger partial charge < -0.3 is 5.11 Å². The van der Waals surface area contributed by atoms with Crippen molar-refractivity contribution in [2.75, 3.05) is 0 Å². The molecule has 1 aromatic carbocycles. The van der Waals surface area contributed by atoms with Crippen molar-refractivity contribution in [3.63, 3.8) is 0 Å². The summed E-state index contributed by atoms with van der Waals surface area (Å²) in [5, 5.41) is 9.66. The second kappa shape index (κ2) is 5.36. The minimum absolute atomic E-state index is 0.00739. The molecule has 1 heterocycles. The molecule has 0 radical (unpaired) electrons. The summed E-state index contributed by atoms with van der Waals surface area (Å²) >= 11 is 5.69. The second-order valence-corrected chi connectivity index (χ2v) is 4.49. The highest BCUT2D eigenvalue weighted by Crippen LogP contribution is 2.26. The van der Waals surface area contributed by atoms with E-state index in [1.54, 1.807) is 6.20 Å². The molecular weight excluding hydrogens is 253 g/mol. The van der Waals surface area contributed by atoms with Gasteiger partial charge in [0.25, 0.3) is 0 Å². The highest BCUT2D eigenvalue weighted by molar-refractivity contribution is 6.30. The van der Waals surface area contributed by atoms with E-state index < -0.39 is 5.82 Å². The van der Waals surface area contributed by atoms with Crippen molar-refractivity contribution < 1.29 is 9.50 Å². The zero-order valence-electron chi connectivity index (χ0n) is 9.95. The summed E-state index contributed by atoms with van der Waals surface area (Å²) < 4.78 is 13.1. The number of phenolic OH excluding ortho intramolecular Hbond substituents is 1. The van der Waals surface area contributed by atoms with Crippen molar-refractivity contribution in [3.05, 3.63) is 58.1 Å². The zero-order valence-corrected chi connectivity index (χ0v) is 10.7. The highest BCUT2D eigenvalue weighted by Gasteiger charge is 2.09. The van der Waals surface area contributed by atoms with Crippen molar-refractivity contribution in [2.45, 2.75) is 19.8 Å². The molecule has 1 aromatic heterocycles. The van der Waals surface area contributed by atoms with E-state index >= 15 is 0 Å². The normalized spacial score (nSPS) is 10.6. The molecule has 0 amide bonds. The number of halogens is 2. The van der Waals surface area contributed by atoms with Crippen LogP contribution in [0.4, 0.5) is 4.39 Å². The fraction of sp³-hybridized carbons (Fsp3) is 0.214. The third-order valence-electron chi connectivity index (χ3n) is 2.79. The van der Waals surface area contributed by atoms with Crippen LogP contribution in [0.3, 0.4) is 0 Å². The fourth-order valence-corrected chi connectivity index (χ4v) is 1.87. The summed E-state index contributed by atoms with van der Waals surface area (Å²) in [6.07, 6.45) is 3.16. The molecule has 0 saturated heterocycles. The van der Waals surface area contributed by atoms with E-state index in [2.05, 4.69) is 11.9 Å². The van der Waals surface area contributed by atoms with Crippen LogP contribution in [0.2, 0.25) is 5.02 Å². The minimum Gasteiger partial charge on any atom is -0.508 e. The maximum Gasteiger partial charge on any atom is 0.145 e. The molecule has 0 atom stereocenters. The molecule has 94 valence electrons. The van der Waals surface area contributed by atoms with Crippen LogP contribution >= 0.6 is 11.6 Å². The van der Waals surface area contributed by atoms with Crippen LogP contribution < -0.4 is 0 Å². The number of phenols is 1. The standard InChI is InChI=1S/C14H13ClFNO/c1-2-9-3-4-11(17-8-9)5-10-6-12(15)13(16)7-14(10)18/h3-4,6-8,18H,2,5H2,1H3. The quantitative estimate of drug-likeness (QED) is 0.917. The molecule has 0 aliphatic rings. The van der Waals surface area contributed by atoms with Crippen LogP contribution in [0.1, 0.15) is 23.7 Å². The Morgan fingerprint density at radius 1 is 1.33 bits per heavy atom. The molecule has 0 unspecified atom stereocenters. The Balaban J connectivity index is 2.25. The van der Waals surface area contributed by atoms with Gasteiger partial charge in [0, 0.05) is 29.9 Å². The predicted molar refractivity (Wildman–Crippen MR) is 69.5 cm³/mol. The lowest BCUT2D eigenvalue weighted by molar-refractivity contribution is 0.463. The van der Waals surface area contributed by atoms with E-state index in [9.17, 15) is 9.50 Å². The minimum atomic E-state index is -0.618. The molecule has 0 fully saturated rings. The average Bonchev–Trinajstić information content (AvgIpc) is 2.37. The van der Waals surface area contributed by atoms with Gasteiger partial charge in [0.15, 0.2) is 0 Å². The number of aryl methyl sites for hydroxylation is 1. The smallest absolute Gasteiger partial charge is 0.145 e. The Hall–Kier alpha value is -1.61. The third kappa shape index (κ3) is 2.79. The Morgan fingerprint density at radius 2 is 2.11 bits per heavy atom. The predicted octanol–water partition coefficient (Wildman–Crippen LogP) is 3.73. The first-order valence-electron chi connectivity index (χ1n) is 5.71. The number of aromatic nitrogens is 1. The summed E-state index contributed by atoms with van der Waals surface area (Å²) in [5.41, 5.74) is 2.53. The third-order valence-corrected chi connectivity index (χ3v) is 3.08. The van der Waals surface area contributed by atoms with E-state index in [-0.39, 0.29) is 10.8 Å². The molecule has 1 N–H and O–H groups in total. The zero-order chi connectivity index (χ0) is 13.1. The Bertz CT molecular complexity index is 554. The molecule has 2 aromatic rings. The van der Waals surface area contributed by atoms with Crippen LogP contribution in [0.5, 0.6) is 5.75 Å². The summed E-state index contributed by atoms with van der Waals surface area (Å²) in [7, 11) is 0. The van der Waals surface area contributed by atoms with Gasteiger partial charge in [0.1, 0.15) is 11.6 Å². The van der Waals surface area contributed by atoms with Crippen molar-refractivity contribution in [3.8, 4) is 5.75 Å². The molecule has 0 saturated carbocycles. The van der Waals surface area contributed by atoms with Crippen LogP contribution in [-0.2, 0) is 12.8 Å². The van der Waals surface area contributed by atoms with Gasteiger partial charge in [0.2, 0.25) is 0 Å². The molecule has 4 heteroatoms. The first kappa shape index (κ1) is 12.8. The lowest BCUT2D eigenvalue weighted by Crippen LogP contribution is -1.95. The topological polar surface area (TPSA) is 33.1 Å². The number of hydrogen-bond donors (Lipinski definition) is 1. The molecule has 2 nitrogen and oxygen atoms in total. The lowest BCUT2D eigenvalue weighted by Gasteiger charge is -2.06. The Labute approximate surface area is 110 Å². The molecule has 18 heavy (non-hydrogen) atoms. The van der Waals surface area contributed by atoms with Gasteiger partial charge in [-0.15, -0.1) is 0 Å². The van der Waals surface area contributed by atoms with Crippen LogP contribution in [0.25, 0.3) is 0 Å². The van der Waals surface area contributed by atoms with Gasteiger partial charge in [0.05, 0.1) is 5.02 Å². The SMILES string of the molecule is CCc1ccc(Cc2cc(Cl)c(F)cc2O)nc1. The number of pyridine rings is 1. The lowest BCUT2D eigenvalue weighted by atomic mass is 10.1. The second-order valence-electron chi connectivity index (χ2n) is 4.08. The number of aromatic hydroxyl groups is 1. The maximum absolute atomic E-state index is 13.1. The van der Waals surface area contributed by atoms with Gasteiger partial charge in [-0.3, -0.25) is 4.98 Å². The largest absolute Gasteiger partial charge is 0.508 e. The number of benzene rings is 1. The summed E-state index contributed by atoms with van der Waals surface area (Å²) in [4.78, 5) is 4.29. The number of nitrogens with zero attached hydrogens (tertiary/aromatic N) is 1. The van der Waals surface area contributed by atoms with Gasteiger partial charge in [-0.25, -0.2) is 4.39 Å². The monoisotopic (exact) mass is 265 g/mol. The fourth-order valence-electron chi connectivity index (χ4n) is 1.68. The van der Waals surface area contributed by atoms with E-state index in [4.69, 9.17) is 11.6 Å². The van der Waals surface area contributed by atoms with Crippen molar-refractivity contribution in [2.24, 2.45) is 0 Å². The molecule has 0 aliphatic heterocycles.